The lowest BCUT2D eigenvalue weighted by atomic mass is 10.1. The molecule has 0 unspecified atom stereocenters. The molecule has 30 heavy (non-hydrogen) atoms. The molecule has 8 heteroatoms. The maximum atomic E-state index is 13.3. The Bertz CT molecular complexity index is 1100. The van der Waals surface area contributed by atoms with Crippen LogP contribution in [0.3, 0.4) is 0 Å². The number of carbonyl (C=O) groups is 2. The number of nitrogens with zero attached hydrogens (tertiary/aromatic N) is 2. The summed E-state index contributed by atoms with van der Waals surface area (Å²) >= 11 is 0. The van der Waals surface area contributed by atoms with E-state index in [1.807, 2.05) is 0 Å². The Labute approximate surface area is 172 Å². The molecule has 7 nitrogen and oxygen atoms in total. The van der Waals surface area contributed by atoms with Crippen LogP contribution in [0.5, 0.6) is 5.75 Å². The lowest BCUT2D eigenvalue weighted by Crippen LogP contribution is -2.29. The first-order valence-corrected chi connectivity index (χ1v) is 8.89. The minimum atomic E-state index is -0.739. The van der Waals surface area contributed by atoms with Crippen molar-refractivity contribution in [1.82, 2.24) is 15.1 Å². The number of hydrogen-bond donors (Lipinski definition) is 1. The average Bonchev–Trinajstić information content (AvgIpc) is 3.22. The van der Waals surface area contributed by atoms with E-state index < -0.39 is 24.3 Å². The predicted octanol–water partition coefficient (Wildman–Crippen LogP) is 2.59. The third kappa shape index (κ3) is 4.83. The molecule has 0 saturated carbocycles. The number of hydrogen-bond acceptors (Lipinski definition) is 5. The number of halogens is 1. The fourth-order valence-electron chi connectivity index (χ4n) is 2.64. The van der Waals surface area contributed by atoms with Crippen LogP contribution < -0.4 is 10.1 Å². The minimum absolute atomic E-state index is 0.0357. The zero-order valence-electron chi connectivity index (χ0n) is 16.1. The number of aromatic nitrogens is 2. The van der Waals surface area contributed by atoms with Crippen LogP contribution in [0.4, 0.5) is 4.39 Å². The first-order valence-electron chi connectivity index (χ1n) is 8.89. The number of carbonyl (C=O) groups excluding carboxylic acids is 2. The summed E-state index contributed by atoms with van der Waals surface area (Å²) in [6.45, 7) is -0.451. The first-order chi connectivity index (χ1) is 14.5. The molecule has 0 aliphatic heterocycles. The second kappa shape index (κ2) is 9.39. The monoisotopic (exact) mass is 407 g/mol. The zero-order chi connectivity index (χ0) is 21.5. The van der Waals surface area contributed by atoms with Crippen LogP contribution in [0.2, 0.25) is 0 Å². The Morgan fingerprint density at radius 1 is 1.23 bits per heavy atom. The molecule has 0 atom stereocenters. The molecule has 0 bridgehead atoms. The Hall–Kier alpha value is -4.12. The molecule has 1 amide bonds. The van der Waals surface area contributed by atoms with Gasteiger partial charge in [0.2, 0.25) is 0 Å². The van der Waals surface area contributed by atoms with Crippen molar-refractivity contribution in [3.63, 3.8) is 0 Å². The van der Waals surface area contributed by atoms with Crippen molar-refractivity contribution < 1.29 is 23.5 Å². The van der Waals surface area contributed by atoms with Crippen molar-refractivity contribution in [2.24, 2.45) is 0 Å². The van der Waals surface area contributed by atoms with Crippen LogP contribution in [-0.4, -0.2) is 41.9 Å². The highest BCUT2D eigenvalue weighted by atomic mass is 19.1. The Kier molecular flexibility index (Phi) is 6.45. The van der Waals surface area contributed by atoms with Crippen LogP contribution in [-0.2, 0) is 9.53 Å². The van der Waals surface area contributed by atoms with Gasteiger partial charge in [0, 0.05) is 11.8 Å². The van der Waals surface area contributed by atoms with Gasteiger partial charge in [0.15, 0.2) is 6.61 Å². The van der Waals surface area contributed by atoms with Crippen LogP contribution in [0, 0.1) is 18.2 Å². The molecule has 0 spiro atoms. The van der Waals surface area contributed by atoms with Gasteiger partial charge < -0.3 is 14.8 Å². The second-order valence-electron chi connectivity index (χ2n) is 6.10. The molecule has 0 aliphatic carbocycles. The Morgan fingerprint density at radius 2 is 2.00 bits per heavy atom. The number of amides is 1. The van der Waals surface area contributed by atoms with Gasteiger partial charge >= 0.3 is 5.97 Å². The van der Waals surface area contributed by atoms with Crippen molar-refractivity contribution in [2.75, 3.05) is 20.3 Å². The molecule has 152 valence electrons. The topological polar surface area (TPSA) is 82.5 Å². The SMILES string of the molecule is C#CCNC(=O)COC(=O)c1cn(-c2ccc(F)cc2)nc1-c1cccc(OC)c1. The maximum Gasteiger partial charge on any atom is 0.342 e. The summed E-state index contributed by atoms with van der Waals surface area (Å²) in [6, 6.07) is 12.6. The van der Waals surface area contributed by atoms with Gasteiger partial charge in [0.1, 0.15) is 22.8 Å². The van der Waals surface area contributed by atoms with Crippen LogP contribution >= 0.6 is 0 Å². The number of nitrogens with one attached hydrogen (secondary N) is 1. The van der Waals surface area contributed by atoms with Crippen molar-refractivity contribution in [3.05, 3.63) is 66.1 Å². The van der Waals surface area contributed by atoms with E-state index in [1.165, 1.54) is 42.3 Å². The number of rotatable bonds is 7. The number of terminal acetylenes is 1. The van der Waals surface area contributed by atoms with Gasteiger partial charge in [0.05, 0.1) is 19.3 Å². The molecule has 1 heterocycles. The van der Waals surface area contributed by atoms with E-state index in [9.17, 15) is 14.0 Å². The summed E-state index contributed by atoms with van der Waals surface area (Å²) in [6.07, 6.45) is 6.54. The van der Waals surface area contributed by atoms with Gasteiger partial charge in [-0.2, -0.15) is 5.10 Å². The van der Waals surface area contributed by atoms with E-state index in [-0.39, 0.29) is 12.1 Å². The van der Waals surface area contributed by atoms with Gasteiger partial charge in [-0.1, -0.05) is 18.1 Å². The van der Waals surface area contributed by atoms with Crippen LogP contribution in [0.25, 0.3) is 16.9 Å². The van der Waals surface area contributed by atoms with Gasteiger partial charge in [-0.3, -0.25) is 4.79 Å². The average molecular weight is 407 g/mol. The highest BCUT2D eigenvalue weighted by Crippen LogP contribution is 2.27. The lowest BCUT2D eigenvalue weighted by molar-refractivity contribution is -0.123. The fourth-order valence-corrected chi connectivity index (χ4v) is 2.64. The third-order valence-electron chi connectivity index (χ3n) is 4.09. The summed E-state index contributed by atoms with van der Waals surface area (Å²) in [5, 5.41) is 6.88. The van der Waals surface area contributed by atoms with Crippen molar-refractivity contribution >= 4 is 11.9 Å². The Balaban J connectivity index is 1.95. The molecule has 0 fully saturated rings. The molecule has 3 rings (SSSR count). The van der Waals surface area contributed by atoms with E-state index in [0.29, 0.717) is 22.7 Å². The third-order valence-corrected chi connectivity index (χ3v) is 4.09. The normalized spacial score (nSPS) is 10.2. The summed E-state index contributed by atoms with van der Waals surface area (Å²) < 4.78 is 25.0. The van der Waals surface area contributed by atoms with E-state index in [1.54, 1.807) is 24.3 Å². The molecule has 1 aromatic heterocycles. The highest BCUT2D eigenvalue weighted by molar-refractivity contribution is 5.97. The minimum Gasteiger partial charge on any atom is -0.497 e. The van der Waals surface area contributed by atoms with E-state index in [0.717, 1.165) is 0 Å². The van der Waals surface area contributed by atoms with Gasteiger partial charge in [0.25, 0.3) is 5.91 Å². The molecule has 2 aromatic carbocycles. The first kappa shape index (κ1) is 20.6. The smallest absolute Gasteiger partial charge is 0.342 e. The molecule has 3 aromatic rings. The standard InChI is InChI=1S/C22H18FN3O4/c1-3-11-24-20(27)14-30-22(28)19-13-26(17-9-7-16(23)8-10-17)25-21(19)15-5-4-6-18(12-15)29-2/h1,4-10,12-13H,11,14H2,2H3,(H,24,27). The summed E-state index contributed by atoms with van der Waals surface area (Å²) in [7, 11) is 1.53. The van der Waals surface area contributed by atoms with Crippen molar-refractivity contribution in [3.8, 4) is 35.0 Å². The number of benzene rings is 2. The highest BCUT2D eigenvalue weighted by Gasteiger charge is 2.21. The largest absolute Gasteiger partial charge is 0.497 e. The number of ether oxygens (including phenoxy) is 2. The quantitative estimate of drug-likeness (QED) is 0.481. The molecule has 0 saturated heterocycles. The second-order valence-corrected chi connectivity index (χ2v) is 6.10. The molecule has 1 N–H and O–H groups in total. The van der Waals surface area contributed by atoms with Gasteiger partial charge in [-0.05, 0) is 36.4 Å². The van der Waals surface area contributed by atoms with Crippen LogP contribution in [0.15, 0.2) is 54.7 Å². The summed E-state index contributed by atoms with van der Waals surface area (Å²) in [4.78, 5) is 24.4. The number of methoxy groups -OCH3 is 1. The Morgan fingerprint density at radius 3 is 2.70 bits per heavy atom. The molecule has 0 radical (unpaired) electrons. The predicted molar refractivity (Wildman–Crippen MR) is 108 cm³/mol. The van der Waals surface area contributed by atoms with Gasteiger partial charge in [-0.15, -0.1) is 6.42 Å². The van der Waals surface area contributed by atoms with E-state index in [4.69, 9.17) is 15.9 Å². The van der Waals surface area contributed by atoms with Crippen LogP contribution in [0.1, 0.15) is 10.4 Å². The molecule has 0 aliphatic rings. The maximum absolute atomic E-state index is 13.3. The van der Waals surface area contributed by atoms with E-state index in [2.05, 4.69) is 16.3 Å². The fraction of sp³-hybridized carbons (Fsp3) is 0.136. The lowest BCUT2D eigenvalue weighted by Gasteiger charge is -2.06. The van der Waals surface area contributed by atoms with Crippen molar-refractivity contribution in [1.29, 1.82) is 0 Å². The molecular formula is C22H18FN3O4. The molecular weight excluding hydrogens is 389 g/mol. The van der Waals surface area contributed by atoms with Gasteiger partial charge in [-0.25, -0.2) is 13.9 Å². The van der Waals surface area contributed by atoms with E-state index >= 15 is 0 Å². The summed E-state index contributed by atoms with van der Waals surface area (Å²) in [5.41, 5.74) is 1.62. The summed E-state index contributed by atoms with van der Waals surface area (Å²) in [5.74, 6) is 1.19. The number of esters is 1. The zero-order valence-corrected chi connectivity index (χ0v) is 16.1. The van der Waals surface area contributed by atoms with Crippen molar-refractivity contribution in [2.45, 2.75) is 0 Å².